The number of aromatic amines is 1. The maximum absolute atomic E-state index is 12.3. The highest BCUT2D eigenvalue weighted by Gasteiger charge is 2.31. The predicted molar refractivity (Wildman–Crippen MR) is 93.8 cm³/mol. The number of thioether (sulfide) groups is 1. The lowest BCUT2D eigenvalue weighted by Crippen LogP contribution is -2.38. The maximum atomic E-state index is 12.3. The number of amides is 1. The van der Waals surface area contributed by atoms with Crippen molar-refractivity contribution in [3.63, 3.8) is 0 Å². The van der Waals surface area contributed by atoms with Crippen LogP contribution in [0.25, 0.3) is 11.4 Å². The summed E-state index contributed by atoms with van der Waals surface area (Å²) >= 11 is 1.49. The lowest BCUT2D eigenvalue weighted by molar-refractivity contribution is -0.0928. The number of carbonyl (C=O) groups excluding carboxylic acids is 1. The normalized spacial score (nSPS) is 23.2. The van der Waals surface area contributed by atoms with E-state index in [1.54, 1.807) is 6.20 Å². The molecule has 132 valence electrons. The first-order valence-electron chi connectivity index (χ1n) is 8.32. The first kappa shape index (κ1) is 16.6. The van der Waals surface area contributed by atoms with Crippen LogP contribution in [0.3, 0.4) is 0 Å². The van der Waals surface area contributed by atoms with Crippen molar-refractivity contribution in [2.45, 2.75) is 23.6 Å². The fourth-order valence-corrected chi connectivity index (χ4v) is 3.67. The zero-order valence-electron chi connectivity index (χ0n) is 13.9. The van der Waals surface area contributed by atoms with Gasteiger partial charge in [-0.25, -0.2) is 9.97 Å². The molecule has 0 spiro atoms. The Morgan fingerprint density at radius 2 is 2.32 bits per heavy atom. The molecular formula is C17H20N4O3S. The molecule has 0 saturated carbocycles. The van der Waals surface area contributed by atoms with E-state index in [-0.39, 0.29) is 17.9 Å². The van der Waals surface area contributed by atoms with Gasteiger partial charge in [0.1, 0.15) is 0 Å². The Morgan fingerprint density at radius 3 is 3.12 bits per heavy atom. The van der Waals surface area contributed by atoms with E-state index in [0.717, 1.165) is 23.5 Å². The Labute approximate surface area is 149 Å². The number of carbonyl (C=O) groups is 1. The number of nitrogens with one attached hydrogen (secondary N) is 2. The molecule has 4 heterocycles. The summed E-state index contributed by atoms with van der Waals surface area (Å²) in [5, 5.41) is 3.68. The van der Waals surface area contributed by atoms with Crippen LogP contribution in [0.2, 0.25) is 0 Å². The van der Waals surface area contributed by atoms with Gasteiger partial charge in [-0.3, -0.25) is 4.79 Å². The average molecular weight is 360 g/mol. The molecule has 1 fully saturated rings. The van der Waals surface area contributed by atoms with Gasteiger partial charge in [0.05, 0.1) is 42.9 Å². The zero-order valence-corrected chi connectivity index (χ0v) is 14.8. The molecule has 2 atom stereocenters. The highest BCUT2D eigenvalue weighted by atomic mass is 32.2. The molecule has 7 nitrogen and oxygen atoms in total. The maximum Gasteiger partial charge on any atom is 0.253 e. The third-order valence-electron chi connectivity index (χ3n) is 4.53. The fraction of sp³-hybridized carbons (Fsp3) is 0.471. The minimum Gasteiger partial charge on any atom is -0.376 e. The van der Waals surface area contributed by atoms with Crippen LogP contribution in [-0.4, -0.2) is 59.6 Å². The van der Waals surface area contributed by atoms with Crippen molar-refractivity contribution in [2.75, 3.05) is 32.6 Å². The fourth-order valence-electron chi connectivity index (χ4n) is 3.31. The van der Waals surface area contributed by atoms with Gasteiger partial charge in [0.2, 0.25) is 0 Å². The molecule has 2 aromatic rings. The number of fused-ring (bicyclic) bond motifs is 1. The monoisotopic (exact) mass is 360 g/mol. The predicted octanol–water partition coefficient (Wildman–Crippen LogP) is 1.83. The summed E-state index contributed by atoms with van der Waals surface area (Å²) in [7, 11) is 0. The largest absolute Gasteiger partial charge is 0.376 e. The molecular weight excluding hydrogens is 340 g/mol. The van der Waals surface area contributed by atoms with E-state index >= 15 is 0 Å². The van der Waals surface area contributed by atoms with Gasteiger partial charge >= 0.3 is 0 Å². The van der Waals surface area contributed by atoms with Crippen LogP contribution in [-0.2, 0) is 9.47 Å². The molecule has 0 aromatic carbocycles. The molecule has 0 radical (unpaired) electrons. The van der Waals surface area contributed by atoms with Crippen molar-refractivity contribution >= 4 is 17.7 Å². The highest BCUT2D eigenvalue weighted by molar-refractivity contribution is 7.98. The van der Waals surface area contributed by atoms with Crippen molar-refractivity contribution in [1.29, 1.82) is 0 Å². The first-order valence-corrected chi connectivity index (χ1v) is 9.55. The topological polar surface area (TPSA) is 89.1 Å². The number of rotatable bonds is 4. The van der Waals surface area contributed by atoms with Gasteiger partial charge in [-0.1, -0.05) is 11.8 Å². The van der Waals surface area contributed by atoms with E-state index in [4.69, 9.17) is 9.47 Å². The molecule has 2 N–H and O–H groups in total. The van der Waals surface area contributed by atoms with Crippen LogP contribution in [0.1, 0.15) is 28.4 Å². The summed E-state index contributed by atoms with van der Waals surface area (Å²) in [6, 6.07) is 3.73. The molecule has 2 aliphatic heterocycles. The summed E-state index contributed by atoms with van der Waals surface area (Å²) in [6.45, 7) is 2.49. The molecule has 4 rings (SSSR count). The van der Waals surface area contributed by atoms with E-state index in [9.17, 15) is 4.79 Å². The minimum absolute atomic E-state index is 0.0475. The smallest absolute Gasteiger partial charge is 0.253 e. The second kappa shape index (κ2) is 7.15. The third kappa shape index (κ3) is 3.42. The summed E-state index contributed by atoms with van der Waals surface area (Å²) < 4.78 is 11.3. The Balaban J connectivity index is 1.62. The van der Waals surface area contributed by atoms with E-state index in [1.807, 2.05) is 18.4 Å². The summed E-state index contributed by atoms with van der Waals surface area (Å²) in [6.07, 6.45) is 4.55. The Hall–Kier alpha value is -1.90. The number of H-pyrrole nitrogens is 1. The Kier molecular flexibility index (Phi) is 4.74. The van der Waals surface area contributed by atoms with Gasteiger partial charge in [0, 0.05) is 24.4 Å². The molecule has 2 aliphatic rings. The van der Waals surface area contributed by atoms with E-state index in [2.05, 4.69) is 20.3 Å². The average Bonchev–Trinajstić information content (AvgIpc) is 3.12. The number of aromatic nitrogens is 3. The SMILES string of the molecule is CSc1nccc(-c2cc3c([nH]2)C(C[C@@H]2COCCO2)CNC3=O)n1. The molecule has 1 saturated heterocycles. The van der Waals surface area contributed by atoms with E-state index in [0.29, 0.717) is 37.1 Å². The first-order chi connectivity index (χ1) is 12.2. The lowest BCUT2D eigenvalue weighted by Gasteiger charge is -2.29. The summed E-state index contributed by atoms with van der Waals surface area (Å²) in [5.41, 5.74) is 3.27. The Morgan fingerprint density at radius 1 is 1.40 bits per heavy atom. The van der Waals surface area contributed by atoms with E-state index in [1.165, 1.54) is 11.8 Å². The van der Waals surface area contributed by atoms with Gasteiger partial charge in [0.25, 0.3) is 5.91 Å². The van der Waals surface area contributed by atoms with E-state index < -0.39 is 0 Å². The minimum atomic E-state index is -0.0475. The lowest BCUT2D eigenvalue weighted by atomic mass is 9.92. The van der Waals surface area contributed by atoms with Gasteiger partial charge in [-0.2, -0.15) is 0 Å². The van der Waals surface area contributed by atoms with Crippen molar-refractivity contribution < 1.29 is 14.3 Å². The van der Waals surface area contributed by atoms with Crippen LogP contribution in [0.4, 0.5) is 0 Å². The van der Waals surface area contributed by atoms with Crippen molar-refractivity contribution in [1.82, 2.24) is 20.3 Å². The quantitative estimate of drug-likeness (QED) is 0.639. The molecule has 0 aliphatic carbocycles. The molecule has 0 bridgehead atoms. The molecule has 8 heteroatoms. The van der Waals surface area contributed by atoms with Crippen LogP contribution in [0, 0.1) is 0 Å². The standard InChI is InChI=1S/C17H20N4O3S/c1-25-17-18-3-2-13(21-17)14-7-12-15(20-14)10(8-19-16(12)22)6-11-9-23-4-5-24-11/h2-3,7,10-11,20H,4-6,8-9H2,1H3,(H,19,22)/t10?,11-/m1/s1. The molecule has 1 amide bonds. The van der Waals surface area contributed by atoms with Gasteiger partial charge in [-0.15, -0.1) is 0 Å². The van der Waals surface area contributed by atoms with Gasteiger partial charge in [0.15, 0.2) is 5.16 Å². The third-order valence-corrected chi connectivity index (χ3v) is 5.10. The Bertz CT molecular complexity index is 773. The molecule has 2 aromatic heterocycles. The number of hydrogen-bond donors (Lipinski definition) is 2. The summed E-state index contributed by atoms with van der Waals surface area (Å²) in [5.74, 6) is 0.128. The highest BCUT2D eigenvalue weighted by Crippen LogP contribution is 2.32. The number of ether oxygens (including phenoxy) is 2. The second-order valence-electron chi connectivity index (χ2n) is 6.15. The summed E-state index contributed by atoms with van der Waals surface area (Å²) in [4.78, 5) is 24.4. The van der Waals surface area contributed by atoms with Crippen LogP contribution in [0.5, 0.6) is 0 Å². The van der Waals surface area contributed by atoms with Crippen LogP contribution >= 0.6 is 11.8 Å². The zero-order chi connectivity index (χ0) is 17.2. The van der Waals surface area contributed by atoms with Crippen LogP contribution < -0.4 is 5.32 Å². The second-order valence-corrected chi connectivity index (χ2v) is 6.92. The van der Waals surface area contributed by atoms with Crippen molar-refractivity contribution in [3.05, 3.63) is 29.6 Å². The molecule has 25 heavy (non-hydrogen) atoms. The van der Waals surface area contributed by atoms with Crippen molar-refractivity contribution in [3.8, 4) is 11.4 Å². The number of hydrogen-bond acceptors (Lipinski definition) is 6. The van der Waals surface area contributed by atoms with Gasteiger partial charge in [-0.05, 0) is 24.8 Å². The van der Waals surface area contributed by atoms with Crippen molar-refractivity contribution in [2.24, 2.45) is 0 Å². The van der Waals surface area contributed by atoms with Gasteiger partial charge < -0.3 is 19.8 Å². The van der Waals surface area contributed by atoms with Crippen LogP contribution in [0.15, 0.2) is 23.5 Å². The number of nitrogens with zero attached hydrogens (tertiary/aromatic N) is 2. The molecule has 1 unspecified atom stereocenters.